The number of benzene rings is 1. The van der Waals surface area contributed by atoms with E-state index < -0.39 is 5.97 Å². The normalized spacial score (nSPS) is 8.45. The van der Waals surface area contributed by atoms with Crippen LogP contribution in [0.4, 0.5) is 0 Å². The van der Waals surface area contributed by atoms with E-state index in [1.807, 2.05) is 0 Å². The summed E-state index contributed by atoms with van der Waals surface area (Å²) in [5.74, 6) is -0.909. The van der Waals surface area contributed by atoms with Crippen molar-refractivity contribution < 1.29 is 9.90 Å². The van der Waals surface area contributed by atoms with Gasteiger partial charge in [-0.15, -0.1) is 12.6 Å². The van der Waals surface area contributed by atoms with Gasteiger partial charge in [0.2, 0.25) is 0 Å². The van der Waals surface area contributed by atoms with Gasteiger partial charge in [0.15, 0.2) is 0 Å². The first-order valence-electron chi connectivity index (χ1n) is 2.72. The Morgan fingerprint density at radius 3 is 2.09 bits per heavy atom. The molecule has 0 aromatic heterocycles. The fourth-order valence-corrected chi connectivity index (χ4v) is 0.753. The van der Waals surface area contributed by atoms with Crippen LogP contribution in [0.15, 0.2) is 29.2 Å². The van der Waals surface area contributed by atoms with Crippen molar-refractivity contribution in [3.63, 3.8) is 0 Å². The predicted octanol–water partition coefficient (Wildman–Crippen LogP) is 1.02. The Kier molecular flexibility index (Phi) is 4.84. The molecule has 1 rings (SSSR count). The molecule has 0 saturated carbocycles. The Morgan fingerprint density at radius 2 is 1.73 bits per heavy atom. The van der Waals surface area contributed by atoms with Gasteiger partial charge in [0.25, 0.3) is 0 Å². The molecular weight excluding hydrogens is 171 g/mol. The van der Waals surface area contributed by atoms with Gasteiger partial charge in [-0.05, 0) is 24.3 Å². The van der Waals surface area contributed by atoms with Crippen LogP contribution in [0.2, 0.25) is 0 Å². The van der Waals surface area contributed by atoms with Gasteiger partial charge < -0.3 is 5.11 Å². The third-order valence-corrected chi connectivity index (χ3v) is 1.41. The first-order chi connectivity index (χ1) is 4.70. The molecule has 1 aromatic rings. The zero-order valence-corrected chi connectivity index (χ0v) is 6.01. The molecule has 0 unspecified atom stereocenters. The first-order valence-corrected chi connectivity index (χ1v) is 3.17. The van der Waals surface area contributed by atoms with E-state index in [1.165, 1.54) is 12.1 Å². The summed E-state index contributed by atoms with van der Waals surface area (Å²) >= 11 is 4.01. The van der Waals surface area contributed by atoms with E-state index in [-0.39, 0.29) is 35.1 Å². The van der Waals surface area contributed by atoms with E-state index in [1.54, 1.807) is 12.1 Å². The second kappa shape index (κ2) is 4.83. The molecule has 54 valence electrons. The van der Waals surface area contributed by atoms with Crippen molar-refractivity contribution in [3.8, 4) is 0 Å². The molecule has 0 saturated heterocycles. The monoisotopic (exact) mass is 178 g/mol. The summed E-state index contributed by atoms with van der Waals surface area (Å²) in [6.07, 6.45) is 0. The molecule has 4 heteroatoms. The van der Waals surface area contributed by atoms with Gasteiger partial charge in [0.05, 0.1) is 5.56 Å². The molecular formula is C7H7NaO2S. The third kappa shape index (κ3) is 3.29. The number of thiol groups is 1. The molecule has 0 aliphatic carbocycles. The summed E-state index contributed by atoms with van der Waals surface area (Å²) in [5.41, 5.74) is 0.290. The number of hydrogen-bond acceptors (Lipinski definition) is 2. The van der Waals surface area contributed by atoms with Crippen LogP contribution in [0, 0.1) is 0 Å². The quantitative estimate of drug-likeness (QED) is 0.497. The topological polar surface area (TPSA) is 37.3 Å². The van der Waals surface area contributed by atoms with Crippen LogP contribution in [0.3, 0.4) is 0 Å². The number of carboxylic acid groups (broad SMARTS) is 1. The van der Waals surface area contributed by atoms with Crippen molar-refractivity contribution >= 4 is 48.2 Å². The molecule has 0 fully saturated rings. The van der Waals surface area contributed by atoms with E-state index in [0.29, 0.717) is 0 Å². The number of carbonyl (C=O) groups is 1. The molecule has 1 aromatic carbocycles. The van der Waals surface area contributed by atoms with E-state index >= 15 is 0 Å². The summed E-state index contributed by atoms with van der Waals surface area (Å²) in [6.45, 7) is 0. The Bertz CT molecular complexity index is 245. The van der Waals surface area contributed by atoms with Crippen molar-refractivity contribution in [1.29, 1.82) is 0 Å². The van der Waals surface area contributed by atoms with Crippen molar-refractivity contribution in [2.24, 2.45) is 0 Å². The van der Waals surface area contributed by atoms with Gasteiger partial charge in [0.1, 0.15) is 0 Å². The number of hydrogen-bond donors (Lipinski definition) is 2. The Morgan fingerprint density at radius 1 is 1.27 bits per heavy atom. The molecule has 0 atom stereocenters. The summed E-state index contributed by atoms with van der Waals surface area (Å²) in [5, 5.41) is 8.45. The average molecular weight is 178 g/mol. The van der Waals surface area contributed by atoms with Gasteiger partial charge in [-0.25, -0.2) is 4.79 Å². The fraction of sp³-hybridized carbons (Fsp3) is 0. The molecule has 0 aliphatic heterocycles. The molecule has 0 aliphatic rings. The van der Waals surface area contributed by atoms with Gasteiger partial charge in [-0.2, -0.15) is 0 Å². The minimum absolute atomic E-state index is 0. The van der Waals surface area contributed by atoms with E-state index in [0.717, 1.165) is 4.90 Å². The zero-order valence-electron chi connectivity index (χ0n) is 5.11. The Hall–Kier alpha value is 0.0400. The second-order valence-corrected chi connectivity index (χ2v) is 2.37. The first kappa shape index (κ1) is 11.0. The molecule has 11 heavy (non-hydrogen) atoms. The van der Waals surface area contributed by atoms with Crippen LogP contribution in [-0.2, 0) is 0 Å². The standard InChI is InChI=1S/C7H6O2S.Na.H/c8-7(9)5-1-3-6(10)4-2-5;;/h1-4,10H,(H,8,9);;. The molecule has 1 N–H and O–H groups in total. The molecule has 0 amide bonds. The van der Waals surface area contributed by atoms with Crippen molar-refractivity contribution in [3.05, 3.63) is 29.8 Å². The third-order valence-electron chi connectivity index (χ3n) is 1.11. The number of carboxylic acids is 1. The van der Waals surface area contributed by atoms with Gasteiger partial charge in [0, 0.05) is 4.90 Å². The van der Waals surface area contributed by atoms with Crippen LogP contribution in [0.1, 0.15) is 10.4 Å². The van der Waals surface area contributed by atoms with Gasteiger partial charge >= 0.3 is 35.5 Å². The molecule has 0 spiro atoms. The predicted molar refractivity (Wildman–Crippen MR) is 47.8 cm³/mol. The van der Waals surface area contributed by atoms with E-state index in [2.05, 4.69) is 12.6 Å². The van der Waals surface area contributed by atoms with Crippen molar-refractivity contribution in [2.75, 3.05) is 0 Å². The average Bonchev–Trinajstić information content (AvgIpc) is 1.88. The SMILES string of the molecule is O=C(O)c1ccc(S)cc1.[NaH]. The summed E-state index contributed by atoms with van der Waals surface area (Å²) < 4.78 is 0. The number of aromatic carboxylic acids is 1. The van der Waals surface area contributed by atoms with Crippen LogP contribution >= 0.6 is 12.6 Å². The summed E-state index contributed by atoms with van der Waals surface area (Å²) in [6, 6.07) is 6.33. The van der Waals surface area contributed by atoms with Crippen LogP contribution in [-0.4, -0.2) is 40.6 Å². The van der Waals surface area contributed by atoms with Gasteiger partial charge in [-0.1, -0.05) is 0 Å². The molecule has 0 bridgehead atoms. The molecule has 0 heterocycles. The van der Waals surface area contributed by atoms with Crippen LogP contribution in [0.25, 0.3) is 0 Å². The van der Waals surface area contributed by atoms with Gasteiger partial charge in [-0.3, -0.25) is 0 Å². The molecule has 0 radical (unpaired) electrons. The maximum atomic E-state index is 10.3. The number of rotatable bonds is 1. The Balaban J connectivity index is 0.000001000. The van der Waals surface area contributed by atoms with Crippen LogP contribution < -0.4 is 0 Å². The van der Waals surface area contributed by atoms with Crippen molar-refractivity contribution in [2.45, 2.75) is 4.90 Å². The summed E-state index contributed by atoms with van der Waals surface area (Å²) in [4.78, 5) is 11.1. The second-order valence-electron chi connectivity index (χ2n) is 1.85. The van der Waals surface area contributed by atoms with E-state index in [9.17, 15) is 4.79 Å². The fourth-order valence-electron chi connectivity index (χ4n) is 0.604. The van der Waals surface area contributed by atoms with E-state index in [4.69, 9.17) is 5.11 Å². The Labute approximate surface area is 92.3 Å². The zero-order chi connectivity index (χ0) is 7.56. The summed E-state index contributed by atoms with van der Waals surface area (Å²) in [7, 11) is 0. The van der Waals surface area contributed by atoms with Crippen molar-refractivity contribution in [1.82, 2.24) is 0 Å². The van der Waals surface area contributed by atoms with Crippen LogP contribution in [0.5, 0.6) is 0 Å². The molecule has 2 nitrogen and oxygen atoms in total. The maximum absolute atomic E-state index is 10.3. The minimum atomic E-state index is -0.909.